The van der Waals surface area contributed by atoms with Gasteiger partial charge in [-0.15, -0.1) is 10.2 Å². The Labute approximate surface area is 400 Å². The fourth-order valence-corrected chi connectivity index (χ4v) is 12.7. The van der Waals surface area contributed by atoms with Crippen molar-refractivity contribution < 1.29 is 0 Å². The second kappa shape index (κ2) is 21.1. The van der Waals surface area contributed by atoms with Gasteiger partial charge in [0.1, 0.15) is 0 Å². The molecule has 7 heteroatoms. The Morgan fingerprint density at radius 1 is 0.831 bits per heavy atom. The Hall–Kier alpha value is -4.95. The number of unbranched alkanes of at least 4 members (excludes halogenated alkanes) is 2. The van der Waals surface area contributed by atoms with Gasteiger partial charge in [-0.3, -0.25) is 4.99 Å². The van der Waals surface area contributed by atoms with Crippen LogP contribution in [0.4, 0.5) is 5.69 Å². The van der Waals surface area contributed by atoms with E-state index < -0.39 is 0 Å². The van der Waals surface area contributed by atoms with Crippen molar-refractivity contribution in [2.75, 3.05) is 18.0 Å². The first-order chi connectivity index (χ1) is 31.7. The van der Waals surface area contributed by atoms with E-state index in [1.54, 1.807) is 34.9 Å². The minimum absolute atomic E-state index is 0.121. The summed E-state index contributed by atoms with van der Waals surface area (Å²) in [6.07, 6.45) is 20.2. The molecular weight excluding hydrogens is 849 g/mol. The predicted octanol–water partition coefficient (Wildman–Crippen LogP) is 16.9. The quantitative estimate of drug-likeness (QED) is 0.0488. The maximum Gasteiger partial charge on any atom is 0.179 e. The van der Waals surface area contributed by atoms with Crippen LogP contribution in [0.3, 0.4) is 0 Å². The highest BCUT2D eigenvalue weighted by Gasteiger charge is 2.43. The number of anilines is 1. The summed E-state index contributed by atoms with van der Waals surface area (Å²) in [5.41, 5.74) is 11.3. The number of hydrogen-bond acceptors (Lipinski definition) is 7. The molecule has 1 aliphatic heterocycles. The van der Waals surface area contributed by atoms with E-state index in [0.717, 1.165) is 90.2 Å². The topological polar surface area (TPSA) is 41.4 Å². The van der Waals surface area contributed by atoms with Gasteiger partial charge in [0, 0.05) is 51.7 Å². The lowest BCUT2D eigenvalue weighted by atomic mass is 9.77. The van der Waals surface area contributed by atoms with Crippen molar-refractivity contribution in [1.29, 1.82) is 0 Å². The van der Waals surface area contributed by atoms with E-state index >= 15 is 0 Å². The molecule has 0 saturated heterocycles. The number of rotatable bonds is 18. The first-order valence-electron chi connectivity index (χ1n) is 23.7. The zero-order valence-electron chi connectivity index (χ0n) is 39.2. The average molecular weight is 913 g/mol. The molecule has 65 heavy (non-hydrogen) atoms. The number of aromatic nitrogens is 2. The van der Waals surface area contributed by atoms with E-state index in [1.165, 1.54) is 65.7 Å². The monoisotopic (exact) mass is 912 g/mol. The Balaban J connectivity index is 1.21. The van der Waals surface area contributed by atoms with Gasteiger partial charge in [0.2, 0.25) is 0 Å². The zero-order valence-corrected chi connectivity index (χ0v) is 41.7. The van der Waals surface area contributed by atoms with Crippen molar-refractivity contribution in [3.8, 4) is 0 Å². The minimum atomic E-state index is -0.303. The fraction of sp³-hybridized carbons (Fsp3) is 0.328. The highest BCUT2D eigenvalue weighted by molar-refractivity contribution is 8.05. The summed E-state index contributed by atoms with van der Waals surface area (Å²) >= 11 is 5.26. The van der Waals surface area contributed by atoms with Crippen LogP contribution in [0.25, 0.3) is 27.6 Å². The Kier molecular flexibility index (Phi) is 15.1. The minimum Gasteiger partial charge on any atom is -0.344 e. The molecule has 1 unspecified atom stereocenters. The molecule has 1 atom stereocenters. The van der Waals surface area contributed by atoms with Gasteiger partial charge in [0.15, 0.2) is 8.68 Å². The van der Waals surface area contributed by atoms with E-state index in [9.17, 15) is 0 Å². The van der Waals surface area contributed by atoms with Gasteiger partial charge in [-0.05, 0) is 119 Å². The number of fused-ring (bicyclic) bond motifs is 4. The van der Waals surface area contributed by atoms with Crippen LogP contribution in [0.2, 0.25) is 0 Å². The second-order valence-electron chi connectivity index (χ2n) is 18.1. The lowest BCUT2D eigenvalue weighted by molar-refractivity contribution is 0.546. The molecule has 0 fully saturated rings. The van der Waals surface area contributed by atoms with Gasteiger partial charge in [-0.25, -0.2) is 0 Å². The maximum atomic E-state index is 5.37. The van der Waals surface area contributed by atoms with E-state index in [1.807, 2.05) is 6.08 Å². The fourth-order valence-electron chi connectivity index (χ4n) is 9.52. The molecule has 2 aliphatic rings. The van der Waals surface area contributed by atoms with Gasteiger partial charge in [0.05, 0.1) is 0 Å². The van der Waals surface area contributed by atoms with E-state index in [-0.39, 0.29) is 10.8 Å². The van der Waals surface area contributed by atoms with Crippen LogP contribution in [-0.2, 0) is 16.6 Å². The van der Waals surface area contributed by atoms with Gasteiger partial charge in [-0.2, -0.15) is 0 Å². The molecule has 0 amide bonds. The van der Waals surface area contributed by atoms with Crippen molar-refractivity contribution in [2.45, 2.75) is 118 Å². The molecule has 334 valence electrons. The normalized spacial score (nSPS) is 18.2. The second-order valence-corrected chi connectivity index (χ2v) is 21.6. The predicted molar refractivity (Wildman–Crippen MR) is 286 cm³/mol. The smallest absolute Gasteiger partial charge is 0.179 e. The van der Waals surface area contributed by atoms with Gasteiger partial charge >= 0.3 is 0 Å². The summed E-state index contributed by atoms with van der Waals surface area (Å²) in [6.45, 7) is 19.8. The van der Waals surface area contributed by atoms with Crippen molar-refractivity contribution in [2.24, 2.45) is 4.99 Å². The average Bonchev–Trinajstić information content (AvgIpc) is 3.89. The largest absolute Gasteiger partial charge is 0.344 e. The highest BCUT2D eigenvalue weighted by Crippen LogP contribution is 2.53. The summed E-state index contributed by atoms with van der Waals surface area (Å²) in [5.74, 6) is 0.848. The van der Waals surface area contributed by atoms with Crippen molar-refractivity contribution in [3.63, 3.8) is 0 Å². The summed E-state index contributed by atoms with van der Waals surface area (Å²) < 4.78 is 1.97. The van der Waals surface area contributed by atoms with Crippen molar-refractivity contribution in [1.82, 2.24) is 10.2 Å². The van der Waals surface area contributed by atoms with Crippen molar-refractivity contribution >= 4 is 73.9 Å². The molecule has 0 bridgehead atoms. The molecule has 1 aliphatic carbocycles. The molecule has 4 nitrogen and oxygen atoms in total. The molecule has 8 rings (SSSR count). The molecule has 0 radical (unpaired) electrons. The summed E-state index contributed by atoms with van der Waals surface area (Å²) in [5, 5.41) is 14.8. The van der Waals surface area contributed by atoms with Crippen LogP contribution in [0.1, 0.15) is 115 Å². The lowest BCUT2D eigenvalue weighted by Gasteiger charge is -2.30. The van der Waals surface area contributed by atoms with Crippen LogP contribution in [-0.4, -0.2) is 29.0 Å². The van der Waals surface area contributed by atoms with E-state index in [4.69, 9.17) is 15.2 Å². The van der Waals surface area contributed by atoms with Gasteiger partial charge in [0.25, 0.3) is 0 Å². The molecule has 2 heterocycles. The van der Waals surface area contributed by atoms with Crippen LogP contribution in [0.15, 0.2) is 169 Å². The Morgan fingerprint density at radius 3 is 2.31 bits per heavy atom. The summed E-state index contributed by atoms with van der Waals surface area (Å²) in [4.78, 5) is 9.31. The molecule has 1 aromatic heterocycles. The van der Waals surface area contributed by atoms with Crippen LogP contribution >= 0.6 is 34.9 Å². The van der Waals surface area contributed by atoms with E-state index in [0.29, 0.717) is 0 Å². The molecule has 0 N–H and O–H groups in total. The number of nitrogens with zero attached hydrogens (tertiary/aromatic N) is 4. The Bertz CT molecular complexity index is 2800. The van der Waals surface area contributed by atoms with Crippen LogP contribution in [0.5, 0.6) is 0 Å². The maximum absolute atomic E-state index is 5.37. The summed E-state index contributed by atoms with van der Waals surface area (Å²) in [7, 11) is 0. The number of hydrogen-bond donors (Lipinski definition) is 0. The third-order valence-corrected chi connectivity index (χ3v) is 16.9. The van der Waals surface area contributed by atoms with E-state index in [2.05, 4.69) is 180 Å². The lowest BCUT2D eigenvalue weighted by Crippen LogP contribution is -2.28. The van der Waals surface area contributed by atoms with Crippen molar-refractivity contribution in [3.05, 3.63) is 178 Å². The highest BCUT2D eigenvalue weighted by atomic mass is 32.2. The number of benzene rings is 5. The standard InChI is InChI=1S/C58H64N4S3/c1-8-12-38-59-51(57(5,6)49-27-19-22-43-20-14-16-25-47(43)49)36-33-45-23-18-24-46(54(45)64-56-61-60-55(65-56)63-40-42-30-28-41(10-3)29-31-42)34-37-52-58(7,11-4)53-48-26-17-15-21-44(48)32-35-50(53)62(52)39-13-9-2/h10,14-17,19-22,25-37H,3,8-9,11-13,18,23-24,38-40H2,1-2,4-7H3/b36-33+,46-34+,52-37+,59-51?. The van der Waals surface area contributed by atoms with Gasteiger partial charge < -0.3 is 4.90 Å². The molecule has 0 saturated carbocycles. The molecule has 0 spiro atoms. The third kappa shape index (κ3) is 10.1. The number of thioether (sulfide) groups is 2. The van der Waals surface area contributed by atoms with Crippen LogP contribution in [0, 0.1) is 0 Å². The first-order valence-corrected chi connectivity index (χ1v) is 26.3. The molecule has 6 aromatic rings. The Morgan fingerprint density at radius 2 is 1.55 bits per heavy atom. The zero-order chi connectivity index (χ0) is 45.4. The van der Waals surface area contributed by atoms with Crippen LogP contribution < -0.4 is 4.90 Å². The SMILES string of the molecule is C=Cc1ccc(CSc2nnc(SC3=C(/C=C/C(=NCCCC)C(C)(C)c4cccc5ccccc45)CCC/C3=C\C=C3\N(CCCC)c4ccc5ccccc5c4C3(C)CC)s2)cc1. The van der Waals surface area contributed by atoms with Gasteiger partial charge in [-0.1, -0.05) is 204 Å². The number of aliphatic imine (C=N–C) groups is 1. The molecular formula is C58H64N4S3. The first kappa shape index (κ1) is 46.6. The third-order valence-electron chi connectivity index (χ3n) is 13.5. The number of allylic oxidation sites excluding steroid dienone is 7. The molecule has 5 aromatic carbocycles. The summed E-state index contributed by atoms with van der Waals surface area (Å²) in [6, 6.07) is 37.7.